The normalized spacial score (nSPS) is 10.5. The Bertz CT molecular complexity index is 529. The van der Waals surface area contributed by atoms with E-state index >= 15 is 0 Å². The van der Waals surface area contributed by atoms with E-state index in [0.717, 1.165) is 0 Å². The van der Waals surface area contributed by atoms with E-state index in [1.54, 1.807) is 23.7 Å². The van der Waals surface area contributed by atoms with Gasteiger partial charge in [-0.1, -0.05) is 12.1 Å². The van der Waals surface area contributed by atoms with Crippen molar-refractivity contribution in [1.29, 1.82) is 0 Å². The third-order valence-electron chi connectivity index (χ3n) is 2.19. The van der Waals surface area contributed by atoms with Crippen molar-refractivity contribution in [2.45, 2.75) is 13.0 Å². The highest BCUT2D eigenvalue weighted by Gasteiger charge is 2.07. The number of anilines is 1. The monoisotopic (exact) mass is 284 g/mol. The molecule has 2 rings (SSSR count). The van der Waals surface area contributed by atoms with E-state index in [-0.39, 0.29) is 18.1 Å². The van der Waals surface area contributed by atoms with Gasteiger partial charge in [0.25, 0.3) is 0 Å². The number of nitrogens with zero attached hydrogens (tertiary/aromatic N) is 1. The molecule has 0 saturated heterocycles. The number of carbonyl (C=O) groups is 1. The number of nitrogens with one attached hydrogen (secondary N) is 1. The molecule has 1 aromatic heterocycles. The first-order chi connectivity index (χ1) is 9.13. The van der Waals surface area contributed by atoms with Crippen molar-refractivity contribution in [3.63, 3.8) is 0 Å². The minimum Gasteiger partial charge on any atom is -0.435 e. The molecular formula is C12H10F2N2O2S. The van der Waals surface area contributed by atoms with Gasteiger partial charge < -0.3 is 10.1 Å². The molecule has 0 radical (unpaired) electrons. The number of aromatic nitrogens is 1. The maximum atomic E-state index is 12.0. The van der Waals surface area contributed by atoms with E-state index in [2.05, 4.69) is 15.0 Å². The van der Waals surface area contributed by atoms with Crippen LogP contribution in [0.1, 0.15) is 5.56 Å². The molecule has 2 aromatic rings. The van der Waals surface area contributed by atoms with Crippen LogP contribution in [-0.2, 0) is 11.2 Å². The van der Waals surface area contributed by atoms with E-state index in [1.165, 1.54) is 23.5 Å². The number of amides is 1. The van der Waals surface area contributed by atoms with Crippen molar-refractivity contribution >= 4 is 22.4 Å². The molecule has 100 valence electrons. The van der Waals surface area contributed by atoms with Crippen LogP contribution in [0.15, 0.2) is 35.8 Å². The van der Waals surface area contributed by atoms with Crippen LogP contribution < -0.4 is 10.1 Å². The van der Waals surface area contributed by atoms with Gasteiger partial charge in [0.1, 0.15) is 5.75 Å². The van der Waals surface area contributed by atoms with Crippen LogP contribution in [0.4, 0.5) is 13.9 Å². The predicted molar refractivity (Wildman–Crippen MR) is 67.5 cm³/mol. The van der Waals surface area contributed by atoms with Crippen molar-refractivity contribution in [2.24, 2.45) is 0 Å². The summed E-state index contributed by atoms with van der Waals surface area (Å²) in [5, 5.41) is 4.92. The zero-order valence-corrected chi connectivity index (χ0v) is 10.5. The smallest absolute Gasteiger partial charge is 0.387 e. The average molecular weight is 284 g/mol. The summed E-state index contributed by atoms with van der Waals surface area (Å²) in [5.74, 6) is -0.142. The van der Waals surface area contributed by atoms with E-state index < -0.39 is 6.61 Å². The molecule has 19 heavy (non-hydrogen) atoms. The van der Waals surface area contributed by atoms with Crippen LogP contribution in [0.2, 0.25) is 0 Å². The molecule has 0 bridgehead atoms. The molecule has 4 nitrogen and oxygen atoms in total. The SMILES string of the molecule is O=C(Cc1ccc(OC(F)F)cc1)Nc1nccs1. The quantitative estimate of drug-likeness (QED) is 0.918. The van der Waals surface area contributed by atoms with Crippen molar-refractivity contribution in [3.05, 3.63) is 41.4 Å². The standard InChI is InChI=1S/C12H10F2N2O2S/c13-11(14)18-9-3-1-8(2-4-9)7-10(17)16-12-15-5-6-19-12/h1-6,11H,7H2,(H,15,16,17). The number of carbonyl (C=O) groups excluding carboxylic acids is 1. The number of halogens is 2. The molecule has 7 heteroatoms. The van der Waals surface area contributed by atoms with Gasteiger partial charge >= 0.3 is 6.61 Å². The summed E-state index contributed by atoms with van der Waals surface area (Å²) in [6, 6.07) is 5.94. The van der Waals surface area contributed by atoms with Gasteiger partial charge in [-0.2, -0.15) is 8.78 Å². The highest BCUT2D eigenvalue weighted by molar-refractivity contribution is 7.13. The molecule has 1 amide bonds. The molecule has 1 N–H and O–H groups in total. The molecular weight excluding hydrogens is 274 g/mol. The van der Waals surface area contributed by atoms with Crippen molar-refractivity contribution in [2.75, 3.05) is 5.32 Å². The average Bonchev–Trinajstić information content (AvgIpc) is 2.83. The first-order valence-corrected chi connectivity index (χ1v) is 6.24. The third-order valence-corrected chi connectivity index (χ3v) is 2.88. The van der Waals surface area contributed by atoms with Gasteiger partial charge in [-0.25, -0.2) is 4.98 Å². The van der Waals surface area contributed by atoms with Crippen molar-refractivity contribution in [1.82, 2.24) is 4.98 Å². The summed E-state index contributed by atoms with van der Waals surface area (Å²) in [4.78, 5) is 15.6. The summed E-state index contributed by atoms with van der Waals surface area (Å²) < 4.78 is 28.1. The lowest BCUT2D eigenvalue weighted by molar-refractivity contribution is -0.115. The molecule has 1 heterocycles. The van der Waals surface area contributed by atoms with E-state index in [0.29, 0.717) is 10.7 Å². The number of hydrogen-bond donors (Lipinski definition) is 1. The fourth-order valence-corrected chi connectivity index (χ4v) is 1.97. The minimum atomic E-state index is -2.85. The summed E-state index contributed by atoms with van der Waals surface area (Å²) in [6.45, 7) is -2.85. The van der Waals surface area contributed by atoms with Gasteiger partial charge in [-0.15, -0.1) is 11.3 Å². The fraction of sp³-hybridized carbons (Fsp3) is 0.167. The van der Waals surface area contributed by atoms with Crippen LogP contribution in [-0.4, -0.2) is 17.5 Å². The molecule has 0 saturated carbocycles. The maximum absolute atomic E-state index is 12.0. The van der Waals surface area contributed by atoms with Crippen LogP contribution >= 0.6 is 11.3 Å². The number of rotatable bonds is 5. The molecule has 0 unspecified atom stereocenters. The summed E-state index contributed by atoms with van der Waals surface area (Å²) in [5.41, 5.74) is 0.704. The number of hydrogen-bond acceptors (Lipinski definition) is 4. The van der Waals surface area contributed by atoms with E-state index in [9.17, 15) is 13.6 Å². The Labute approximate surface area is 112 Å². The molecule has 0 atom stereocenters. The van der Waals surface area contributed by atoms with Crippen LogP contribution in [0.3, 0.4) is 0 Å². The van der Waals surface area contributed by atoms with Crippen LogP contribution in [0, 0.1) is 0 Å². The largest absolute Gasteiger partial charge is 0.435 e. The Balaban J connectivity index is 1.90. The summed E-state index contributed by atoms with van der Waals surface area (Å²) in [6.07, 6.45) is 1.74. The molecule has 0 fully saturated rings. The molecule has 1 aromatic carbocycles. The maximum Gasteiger partial charge on any atom is 0.387 e. The lowest BCUT2D eigenvalue weighted by Gasteiger charge is -2.05. The van der Waals surface area contributed by atoms with E-state index in [1.807, 2.05) is 0 Å². The Morgan fingerprint density at radius 2 is 2.11 bits per heavy atom. The second kappa shape index (κ2) is 6.24. The van der Waals surface area contributed by atoms with Crippen molar-refractivity contribution < 1.29 is 18.3 Å². The Kier molecular flexibility index (Phi) is 4.40. The van der Waals surface area contributed by atoms with Crippen LogP contribution in [0.5, 0.6) is 5.75 Å². The lowest BCUT2D eigenvalue weighted by atomic mass is 10.1. The third kappa shape index (κ3) is 4.29. The summed E-state index contributed by atoms with van der Waals surface area (Å²) in [7, 11) is 0. The first kappa shape index (κ1) is 13.4. The second-order valence-electron chi connectivity index (χ2n) is 3.58. The zero-order chi connectivity index (χ0) is 13.7. The molecule has 0 aliphatic heterocycles. The van der Waals surface area contributed by atoms with Gasteiger partial charge in [-0.3, -0.25) is 4.79 Å². The lowest BCUT2D eigenvalue weighted by Crippen LogP contribution is -2.14. The van der Waals surface area contributed by atoms with Gasteiger partial charge in [0.2, 0.25) is 5.91 Å². The Morgan fingerprint density at radius 1 is 1.37 bits per heavy atom. The topological polar surface area (TPSA) is 51.2 Å². The number of thiazole rings is 1. The number of alkyl halides is 2. The highest BCUT2D eigenvalue weighted by atomic mass is 32.1. The zero-order valence-electron chi connectivity index (χ0n) is 9.68. The van der Waals surface area contributed by atoms with E-state index in [4.69, 9.17) is 0 Å². The number of benzene rings is 1. The first-order valence-electron chi connectivity index (χ1n) is 5.36. The van der Waals surface area contributed by atoms with Gasteiger partial charge in [0.15, 0.2) is 5.13 Å². The van der Waals surface area contributed by atoms with Gasteiger partial charge in [-0.05, 0) is 17.7 Å². The summed E-state index contributed by atoms with van der Waals surface area (Å²) >= 11 is 1.32. The van der Waals surface area contributed by atoms with Gasteiger partial charge in [0.05, 0.1) is 6.42 Å². The fourth-order valence-electron chi connectivity index (χ4n) is 1.42. The molecule has 0 aliphatic rings. The molecule has 0 spiro atoms. The van der Waals surface area contributed by atoms with Crippen molar-refractivity contribution in [3.8, 4) is 5.75 Å². The second-order valence-corrected chi connectivity index (χ2v) is 4.48. The number of ether oxygens (including phenoxy) is 1. The molecule has 0 aliphatic carbocycles. The Hall–Kier alpha value is -2.02. The van der Waals surface area contributed by atoms with Gasteiger partial charge in [0, 0.05) is 11.6 Å². The predicted octanol–water partition coefficient (Wildman–Crippen LogP) is 2.93. The Morgan fingerprint density at radius 3 is 2.68 bits per heavy atom. The minimum absolute atomic E-state index is 0.0686. The van der Waals surface area contributed by atoms with Crippen LogP contribution in [0.25, 0.3) is 0 Å². The highest BCUT2D eigenvalue weighted by Crippen LogP contribution is 2.16.